The first-order valence-corrected chi connectivity index (χ1v) is 6.32. The Morgan fingerprint density at radius 2 is 2.06 bits per heavy atom. The molecule has 0 aliphatic heterocycles. The molecule has 1 aliphatic carbocycles. The van der Waals surface area contributed by atoms with E-state index in [1.807, 2.05) is 0 Å². The van der Waals surface area contributed by atoms with Crippen LogP contribution in [0.15, 0.2) is 12.3 Å². The van der Waals surface area contributed by atoms with Gasteiger partial charge in [-0.15, -0.1) is 0 Å². The summed E-state index contributed by atoms with van der Waals surface area (Å²) in [6.07, 6.45) is 5.36. The summed E-state index contributed by atoms with van der Waals surface area (Å²) in [6, 6.07) is 1.56. The highest BCUT2D eigenvalue weighted by Crippen LogP contribution is 2.42. The van der Waals surface area contributed by atoms with E-state index in [0.717, 1.165) is 18.4 Å². The number of carbonyl (C=O) groups is 1. The van der Waals surface area contributed by atoms with Gasteiger partial charge in [0.1, 0.15) is 5.15 Å². The molecule has 0 unspecified atom stereocenters. The van der Waals surface area contributed by atoms with Gasteiger partial charge in [0.15, 0.2) is 0 Å². The monoisotopic (exact) mass is 273 g/mol. The first-order valence-electron chi connectivity index (χ1n) is 5.57. The lowest BCUT2D eigenvalue weighted by Crippen LogP contribution is -2.30. The van der Waals surface area contributed by atoms with Crippen molar-refractivity contribution >= 4 is 29.2 Å². The molecule has 1 N–H and O–H groups in total. The van der Waals surface area contributed by atoms with Crippen molar-refractivity contribution in [1.82, 2.24) is 4.98 Å². The highest BCUT2D eigenvalue weighted by Gasteiger charge is 2.41. The molecule has 0 bridgehead atoms. The van der Waals surface area contributed by atoms with Gasteiger partial charge in [0.25, 0.3) is 0 Å². The third-order valence-electron chi connectivity index (χ3n) is 3.44. The number of carboxylic acid groups (broad SMARTS) is 1. The van der Waals surface area contributed by atoms with E-state index >= 15 is 0 Å². The van der Waals surface area contributed by atoms with Crippen LogP contribution >= 0.6 is 23.2 Å². The van der Waals surface area contributed by atoms with Gasteiger partial charge in [0, 0.05) is 11.2 Å². The summed E-state index contributed by atoms with van der Waals surface area (Å²) >= 11 is 11.8. The van der Waals surface area contributed by atoms with Gasteiger partial charge in [-0.25, -0.2) is 4.98 Å². The zero-order valence-corrected chi connectivity index (χ0v) is 10.8. The standard InChI is InChI=1S/C12H13Cl2NO2/c13-9-5-10(14)15-7-8(9)6-12(11(16)17)3-1-2-4-12/h5,7H,1-4,6H2,(H,16,17). The average Bonchev–Trinajstić information content (AvgIpc) is 2.72. The van der Waals surface area contributed by atoms with Gasteiger partial charge >= 0.3 is 5.97 Å². The normalized spacial score (nSPS) is 18.2. The fraction of sp³-hybridized carbons (Fsp3) is 0.500. The number of aliphatic carboxylic acids is 1. The molecule has 1 saturated carbocycles. The second-order valence-electron chi connectivity index (χ2n) is 4.57. The Balaban J connectivity index is 2.26. The van der Waals surface area contributed by atoms with Crippen LogP contribution in [-0.4, -0.2) is 16.1 Å². The molecule has 0 radical (unpaired) electrons. The maximum atomic E-state index is 11.4. The van der Waals surface area contributed by atoms with Crippen molar-refractivity contribution in [2.45, 2.75) is 32.1 Å². The van der Waals surface area contributed by atoms with Crippen LogP contribution in [0.25, 0.3) is 0 Å². The average molecular weight is 274 g/mol. The predicted octanol–water partition coefficient (Wildman–Crippen LogP) is 3.58. The summed E-state index contributed by atoms with van der Waals surface area (Å²) in [5, 5.41) is 10.2. The van der Waals surface area contributed by atoms with E-state index in [2.05, 4.69) is 4.98 Å². The molecule has 0 saturated heterocycles. The van der Waals surface area contributed by atoms with Crippen LogP contribution in [0.2, 0.25) is 10.2 Å². The smallest absolute Gasteiger partial charge is 0.309 e. The second-order valence-corrected chi connectivity index (χ2v) is 5.36. The highest BCUT2D eigenvalue weighted by atomic mass is 35.5. The van der Waals surface area contributed by atoms with Crippen LogP contribution in [0, 0.1) is 5.41 Å². The zero-order valence-electron chi connectivity index (χ0n) is 9.25. The lowest BCUT2D eigenvalue weighted by atomic mass is 9.80. The van der Waals surface area contributed by atoms with Crippen molar-refractivity contribution < 1.29 is 9.90 Å². The number of carboxylic acids is 1. The lowest BCUT2D eigenvalue weighted by Gasteiger charge is -2.24. The molecule has 3 nitrogen and oxygen atoms in total. The fourth-order valence-corrected chi connectivity index (χ4v) is 2.88. The maximum Gasteiger partial charge on any atom is 0.309 e. The van der Waals surface area contributed by atoms with Crippen molar-refractivity contribution in [3.05, 3.63) is 28.0 Å². The molecule has 0 spiro atoms. The first kappa shape index (κ1) is 12.7. The van der Waals surface area contributed by atoms with Gasteiger partial charge in [0.2, 0.25) is 0 Å². The lowest BCUT2D eigenvalue weighted by molar-refractivity contribution is -0.148. The minimum Gasteiger partial charge on any atom is -0.481 e. The van der Waals surface area contributed by atoms with Crippen LogP contribution in [-0.2, 0) is 11.2 Å². The van der Waals surface area contributed by atoms with E-state index in [4.69, 9.17) is 23.2 Å². The Morgan fingerprint density at radius 3 is 2.59 bits per heavy atom. The van der Waals surface area contributed by atoms with Crippen LogP contribution in [0.3, 0.4) is 0 Å². The number of halogens is 2. The Kier molecular flexibility index (Phi) is 3.59. The van der Waals surface area contributed by atoms with E-state index in [0.29, 0.717) is 29.4 Å². The molecule has 5 heteroatoms. The molecule has 1 aliphatic rings. The van der Waals surface area contributed by atoms with Crippen LogP contribution < -0.4 is 0 Å². The minimum absolute atomic E-state index is 0.328. The Morgan fingerprint density at radius 1 is 1.41 bits per heavy atom. The molecule has 17 heavy (non-hydrogen) atoms. The van der Waals surface area contributed by atoms with Crippen molar-refractivity contribution in [3.63, 3.8) is 0 Å². The first-order chi connectivity index (χ1) is 8.03. The van der Waals surface area contributed by atoms with Crippen molar-refractivity contribution in [2.24, 2.45) is 5.41 Å². The summed E-state index contributed by atoms with van der Waals surface area (Å²) in [4.78, 5) is 15.4. The summed E-state index contributed by atoms with van der Waals surface area (Å²) in [5.74, 6) is -0.735. The SMILES string of the molecule is O=C(O)C1(Cc2cnc(Cl)cc2Cl)CCCC1. The quantitative estimate of drug-likeness (QED) is 0.857. The van der Waals surface area contributed by atoms with E-state index in [9.17, 15) is 9.90 Å². The van der Waals surface area contributed by atoms with Gasteiger partial charge in [-0.3, -0.25) is 4.79 Å². The van der Waals surface area contributed by atoms with Crippen molar-refractivity contribution in [2.75, 3.05) is 0 Å². The Bertz CT molecular complexity index is 442. The molecule has 1 aromatic heterocycles. The molecule has 0 aromatic carbocycles. The summed E-state index contributed by atoms with van der Waals surface area (Å²) in [7, 11) is 0. The van der Waals surface area contributed by atoms with E-state index in [1.54, 1.807) is 12.3 Å². The fourth-order valence-electron chi connectivity index (χ4n) is 2.45. The van der Waals surface area contributed by atoms with Crippen molar-refractivity contribution in [1.29, 1.82) is 0 Å². The number of rotatable bonds is 3. The van der Waals surface area contributed by atoms with Crippen LogP contribution in [0.1, 0.15) is 31.2 Å². The number of pyridine rings is 1. The summed E-state index contributed by atoms with van der Waals surface area (Å²) in [6.45, 7) is 0. The molecular weight excluding hydrogens is 261 g/mol. The number of nitrogens with zero attached hydrogens (tertiary/aromatic N) is 1. The maximum absolute atomic E-state index is 11.4. The second kappa shape index (κ2) is 4.83. The number of aromatic nitrogens is 1. The number of hydrogen-bond acceptors (Lipinski definition) is 2. The largest absolute Gasteiger partial charge is 0.481 e. The minimum atomic E-state index is -0.735. The summed E-state index contributed by atoms with van der Waals surface area (Å²) < 4.78 is 0. The van der Waals surface area contributed by atoms with Gasteiger partial charge in [-0.1, -0.05) is 36.0 Å². The van der Waals surface area contributed by atoms with Gasteiger partial charge < -0.3 is 5.11 Å². The van der Waals surface area contributed by atoms with Gasteiger partial charge in [-0.2, -0.15) is 0 Å². The van der Waals surface area contributed by atoms with E-state index < -0.39 is 11.4 Å². The molecule has 2 rings (SSSR count). The van der Waals surface area contributed by atoms with Crippen LogP contribution in [0.4, 0.5) is 0 Å². The molecule has 1 heterocycles. The number of hydrogen-bond donors (Lipinski definition) is 1. The zero-order chi connectivity index (χ0) is 12.5. The third kappa shape index (κ3) is 2.55. The molecule has 1 fully saturated rings. The Hall–Kier alpha value is -0.800. The molecule has 92 valence electrons. The molecule has 0 amide bonds. The molecular formula is C12H13Cl2NO2. The summed E-state index contributed by atoms with van der Waals surface area (Å²) in [5.41, 5.74) is 0.0967. The molecule has 0 atom stereocenters. The molecule has 1 aromatic rings. The van der Waals surface area contributed by atoms with Gasteiger partial charge in [-0.05, 0) is 30.9 Å². The van der Waals surface area contributed by atoms with Crippen LogP contribution in [0.5, 0.6) is 0 Å². The van der Waals surface area contributed by atoms with Gasteiger partial charge in [0.05, 0.1) is 5.41 Å². The highest BCUT2D eigenvalue weighted by molar-refractivity contribution is 6.34. The van der Waals surface area contributed by atoms with E-state index in [1.165, 1.54) is 0 Å². The Labute approximate surface area is 110 Å². The van der Waals surface area contributed by atoms with Crippen molar-refractivity contribution in [3.8, 4) is 0 Å². The third-order valence-corrected chi connectivity index (χ3v) is 4.00. The topological polar surface area (TPSA) is 50.2 Å². The van der Waals surface area contributed by atoms with E-state index in [-0.39, 0.29) is 0 Å². The predicted molar refractivity (Wildman–Crippen MR) is 66.5 cm³/mol.